The SMILES string of the molecule is C/C=C\C=C1/CNC=C1CCCC(=O)NCCC(C)=O.CC.CC.CC1CCCCC1.Cc1nc(N(C)C)c2ccccc2n1. The lowest BCUT2D eigenvalue weighted by Crippen LogP contribution is -2.25. The Kier molecular flexibility index (Phi) is 23.8. The number of benzene rings is 1. The molecule has 7 heteroatoms. The number of Topliss-reactive ketones (excluding diaryl/α,β-unsaturated/α-hetero) is 1. The molecule has 2 heterocycles. The highest BCUT2D eigenvalue weighted by Crippen LogP contribution is 2.23. The molecule has 1 fully saturated rings. The first kappa shape index (κ1) is 41.5. The van der Waals surface area contributed by atoms with Crippen LogP contribution in [0.15, 0.2) is 59.8 Å². The second-order valence-electron chi connectivity index (χ2n) is 11.2. The highest BCUT2D eigenvalue weighted by atomic mass is 16.1. The van der Waals surface area contributed by atoms with Gasteiger partial charge in [-0.1, -0.05) is 97.1 Å². The van der Waals surface area contributed by atoms with Crippen LogP contribution < -0.4 is 15.5 Å². The molecule has 252 valence electrons. The number of aryl methyl sites for hydroxylation is 1. The van der Waals surface area contributed by atoms with E-state index in [4.69, 9.17) is 0 Å². The number of anilines is 1. The number of carbonyl (C=O) groups is 2. The number of nitrogens with zero attached hydrogens (tertiary/aromatic N) is 3. The van der Waals surface area contributed by atoms with Crippen LogP contribution in [0, 0.1) is 12.8 Å². The summed E-state index contributed by atoms with van der Waals surface area (Å²) >= 11 is 0. The molecule has 1 aliphatic carbocycles. The van der Waals surface area contributed by atoms with Crippen LogP contribution in [0.5, 0.6) is 0 Å². The fourth-order valence-corrected chi connectivity index (χ4v) is 4.83. The quantitative estimate of drug-likeness (QED) is 0.291. The number of aromatic nitrogens is 2. The second kappa shape index (κ2) is 25.8. The maximum atomic E-state index is 11.6. The van der Waals surface area contributed by atoms with Crippen LogP contribution >= 0.6 is 0 Å². The van der Waals surface area contributed by atoms with Gasteiger partial charge in [0.1, 0.15) is 17.4 Å². The van der Waals surface area contributed by atoms with Crippen LogP contribution in [-0.2, 0) is 9.59 Å². The molecule has 4 rings (SSSR count). The normalized spacial score (nSPS) is 14.7. The fourth-order valence-electron chi connectivity index (χ4n) is 4.83. The molecule has 0 saturated heterocycles. The Bertz CT molecular complexity index is 1190. The molecule has 7 nitrogen and oxygen atoms in total. The smallest absolute Gasteiger partial charge is 0.220 e. The van der Waals surface area contributed by atoms with Gasteiger partial charge in [-0.05, 0) is 62.8 Å². The monoisotopic (exact) mass is 621 g/mol. The maximum absolute atomic E-state index is 11.6. The van der Waals surface area contributed by atoms with Crippen molar-refractivity contribution < 1.29 is 9.59 Å². The van der Waals surface area contributed by atoms with Crippen LogP contribution in [0.4, 0.5) is 5.82 Å². The lowest BCUT2D eigenvalue weighted by molar-refractivity contribution is -0.121. The van der Waals surface area contributed by atoms with E-state index in [2.05, 4.69) is 33.6 Å². The molecular weight excluding hydrogens is 558 g/mol. The zero-order valence-electron chi connectivity index (χ0n) is 30.1. The summed E-state index contributed by atoms with van der Waals surface area (Å²) in [5.74, 6) is 2.96. The molecule has 2 aliphatic rings. The number of fused-ring (bicyclic) bond motifs is 1. The van der Waals surface area contributed by atoms with Gasteiger partial charge in [-0.15, -0.1) is 0 Å². The first-order valence-corrected chi connectivity index (χ1v) is 17.1. The van der Waals surface area contributed by atoms with Gasteiger partial charge in [0.15, 0.2) is 0 Å². The molecule has 0 bridgehead atoms. The molecule has 0 spiro atoms. The fraction of sp³-hybridized carbons (Fsp3) is 0.579. The Hall–Kier alpha value is -3.48. The Morgan fingerprint density at radius 3 is 2.27 bits per heavy atom. The summed E-state index contributed by atoms with van der Waals surface area (Å²) < 4.78 is 0. The van der Waals surface area contributed by atoms with E-state index in [1.165, 1.54) is 50.2 Å². The summed E-state index contributed by atoms with van der Waals surface area (Å²) in [5, 5.41) is 7.08. The Morgan fingerprint density at radius 2 is 1.69 bits per heavy atom. The van der Waals surface area contributed by atoms with E-state index in [-0.39, 0.29) is 11.7 Å². The van der Waals surface area contributed by atoms with Gasteiger partial charge in [0.05, 0.1) is 5.52 Å². The van der Waals surface area contributed by atoms with Gasteiger partial charge >= 0.3 is 0 Å². The topological polar surface area (TPSA) is 87.2 Å². The molecule has 1 saturated carbocycles. The number of hydrogen-bond acceptors (Lipinski definition) is 6. The molecule has 1 aromatic carbocycles. The number of carbonyl (C=O) groups excluding carboxylic acids is 2. The van der Waals surface area contributed by atoms with Crippen molar-refractivity contribution in [1.29, 1.82) is 0 Å². The van der Waals surface area contributed by atoms with Crippen molar-refractivity contribution in [2.24, 2.45) is 5.92 Å². The average Bonchev–Trinajstić information content (AvgIpc) is 3.49. The summed E-state index contributed by atoms with van der Waals surface area (Å²) in [6.07, 6.45) is 18.3. The second-order valence-corrected chi connectivity index (χ2v) is 11.2. The van der Waals surface area contributed by atoms with Crippen LogP contribution in [-0.4, -0.2) is 48.8 Å². The summed E-state index contributed by atoms with van der Waals surface area (Å²) in [5.41, 5.74) is 3.57. The third kappa shape index (κ3) is 18.2. The van der Waals surface area contributed by atoms with E-state index in [0.29, 0.717) is 19.4 Å². The summed E-state index contributed by atoms with van der Waals surface area (Å²) in [6.45, 7) is 17.1. The predicted octanol–water partition coefficient (Wildman–Crippen LogP) is 8.88. The van der Waals surface area contributed by atoms with E-state index in [1.807, 2.05) is 103 Å². The van der Waals surface area contributed by atoms with Crippen molar-refractivity contribution in [1.82, 2.24) is 20.6 Å². The molecule has 1 amide bonds. The van der Waals surface area contributed by atoms with Crippen molar-refractivity contribution in [3.05, 3.63) is 65.7 Å². The Labute approximate surface area is 275 Å². The van der Waals surface area contributed by atoms with Gasteiger partial charge in [-0.3, -0.25) is 9.59 Å². The average molecular weight is 622 g/mol. The number of amides is 1. The van der Waals surface area contributed by atoms with E-state index < -0.39 is 0 Å². The van der Waals surface area contributed by atoms with Gasteiger partial charge in [0.25, 0.3) is 0 Å². The van der Waals surface area contributed by atoms with Crippen molar-refractivity contribution >= 4 is 28.4 Å². The number of nitrogens with one attached hydrogen (secondary N) is 2. The minimum absolute atomic E-state index is 0.0248. The minimum Gasteiger partial charge on any atom is -0.387 e. The van der Waals surface area contributed by atoms with Crippen molar-refractivity contribution in [3.63, 3.8) is 0 Å². The molecule has 2 N–H and O–H groups in total. The molecule has 45 heavy (non-hydrogen) atoms. The first-order chi connectivity index (χ1) is 21.7. The van der Waals surface area contributed by atoms with Crippen LogP contribution in [0.1, 0.15) is 112 Å². The Morgan fingerprint density at radius 1 is 1.02 bits per heavy atom. The number of ketones is 1. The third-order valence-electron chi connectivity index (χ3n) is 7.13. The number of para-hydroxylation sites is 1. The van der Waals surface area contributed by atoms with Gasteiger partial charge in [-0.25, -0.2) is 9.97 Å². The zero-order valence-corrected chi connectivity index (χ0v) is 30.1. The molecule has 1 aliphatic heterocycles. The van der Waals surface area contributed by atoms with Crippen LogP contribution in [0.2, 0.25) is 0 Å². The summed E-state index contributed by atoms with van der Waals surface area (Å²) in [4.78, 5) is 33.1. The highest BCUT2D eigenvalue weighted by Gasteiger charge is 2.11. The maximum Gasteiger partial charge on any atom is 0.220 e. The number of rotatable bonds is 9. The minimum atomic E-state index is 0.0248. The van der Waals surface area contributed by atoms with Crippen LogP contribution in [0.3, 0.4) is 0 Å². The molecule has 0 unspecified atom stereocenters. The molecule has 0 radical (unpaired) electrons. The molecule has 1 aromatic heterocycles. The molecule has 0 atom stereocenters. The van der Waals surface area contributed by atoms with E-state index >= 15 is 0 Å². The van der Waals surface area contributed by atoms with E-state index in [0.717, 1.165) is 47.8 Å². The number of allylic oxidation sites excluding steroid dienone is 3. The standard InChI is InChI=1S/C16H24N2O2.C11H13N3.C7H14.2C2H6/c1-3-4-6-14-11-17-12-15(14)7-5-8-16(20)18-10-9-13(2)19;1-8-12-10-7-5-4-6-9(10)11(13-8)14(2)3;1-7-5-3-2-4-6-7;2*1-2/h3-4,6,12,17H,5,7-11H2,1-2H3,(H,18,20);4-7H,1-3H3;7H,2-6H2,1H3;2*1-2H3/b4-3-,14-6+;;;;. The Balaban J connectivity index is 0.000000666. The largest absolute Gasteiger partial charge is 0.387 e. The molecular formula is C38H63N5O2. The van der Waals surface area contributed by atoms with Crippen molar-refractivity contribution in [3.8, 4) is 0 Å². The highest BCUT2D eigenvalue weighted by molar-refractivity contribution is 5.89. The lowest BCUT2D eigenvalue weighted by atomic mass is 9.91. The van der Waals surface area contributed by atoms with Crippen LogP contribution in [0.25, 0.3) is 10.9 Å². The summed E-state index contributed by atoms with van der Waals surface area (Å²) in [7, 11) is 3.99. The zero-order chi connectivity index (χ0) is 34.0. The van der Waals surface area contributed by atoms with Crippen molar-refractivity contribution in [2.75, 3.05) is 32.1 Å². The van der Waals surface area contributed by atoms with Gasteiger partial charge in [0, 0.05) is 51.6 Å². The first-order valence-electron chi connectivity index (χ1n) is 17.1. The third-order valence-corrected chi connectivity index (χ3v) is 7.13. The predicted molar refractivity (Wildman–Crippen MR) is 195 cm³/mol. The lowest BCUT2D eigenvalue weighted by Gasteiger charge is -2.15. The van der Waals surface area contributed by atoms with Crippen molar-refractivity contribution in [2.45, 2.75) is 113 Å². The summed E-state index contributed by atoms with van der Waals surface area (Å²) in [6, 6.07) is 8.06. The van der Waals surface area contributed by atoms with Gasteiger partial charge in [-0.2, -0.15) is 0 Å². The van der Waals surface area contributed by atoms with Gasteiger partial charge in [0.2, 0.25) is 5.91 Å². The van der Waals surface area contributed by atoms with E-state index in [1.54, 1.807) is 0 Å². The number of hydrogen-bond donors (Lipinski definition) is 2. The van der Waals surface area contributed by atoms with Gasteiger partial charge < -0.3 is 15.5 Å². The van der Waals surface area contributed by atoms with E-state index in [9.17, 15) is 9.59 Å². The molecule has 2 aromatic rings.